The number of nitrogens with one attached hydrogen (secondary N) is 1. The van der Waals surface area contributed by atoms with Crippen LogP contribution in [0, 0.1) is 0 Å². The first kappa shape index (κ1) is 26.1. The van der Waals surface area contributed by atoms with Gasteiger partial charge in [-0.15, -0.1) is 11.8 Å². The van der Waals surface area contributed by atoms with Crippen molar-refractivity contribution in [3.63, 3.8) is 0 Å². The van der Waals surface area contributed by atoms with Crippen LogP contribution < -0.4 is 10.1 Å². The fourth-order valence-electron chi connectivity index (χ4n) is 4.53. The van der Waals surface area contributed by atoms with Gasteiger partial charge in [0.2, 0.25) is 17.6 Å². The number of fused-ring (bicyclic) bond motifs is 1. The van der Waals surface area contributed by atoms with Crippen molar-refractivity contribution in [2.24, 2.45) is 4.99 Å². The van der Waals surface area contributed by atoms with Gasteiger partial charge in [-0.1, -0.05) is 12.1 Å². The molecule has 0 bridgehead atoms. The molecule has 2 saturated heterocycles. The maximum atomic E-state index is 13.5. The molecule has 0 saturated carbocycles. The Kier molecular flexibility index (Phi) is 6.96. The van der Waals surface area contributed by atoms with Crippen LogP contribution in [0.2, 0.25) is 0 Å². The zero-order valence-corrected chi connectivity index (χ0v) is 21.0. The molecule has 3 aliphatic rings. The molecule has 3 N–H and O–H groups in total. The number of ether oxygens (including phenoxy) is 1. The van der Waals surface area contributed by atoms with E-state index in [-0.39, 0.29) is 5.57 Å². The molecule has 194 valence electrons. The third kappa shape index (κ3) is 4.64. The average molecular weight is 528 g/mol. The third-order valence-electron chi connectivity index (χ3n) is 6.26. The van der Waals surface area contributed by atoms with Crippen LogP contribution in [0.1, 0.15) is 32.4 Å². The summed E-state index contributed by atoms with van der Waals surface area (Å²) in [6.07, 6.45) is 2.46. The molecule has 2 aliphatic heterocycles. The Morgan fingerprint density at radius 2 is 1.84 bits per heavy atom. The van der Waals surface area contributed by atoms with Gasteiger partial charge in [0.15, 0.2) is 11.8 Å². The normalized spacial score (nSPS) is 27.2. The van der Waals surface area contributed by atoms with Crippen LogP contribution in [0.3, 0.4) is 0 Å². The summed E-state index contributed by atoms with van der Waals surface area (Å²) < 4.78 is 4.66. The molecule has 4 rings (SSSR count). The van der Waals surface area contributed by atoms with Crippen LogP contribution in [0.4, 0.5) is 0 Å². The first-order chi connectivity index (χ1) is 17.5. The Labute approximate surface area is 216 Å². The lowest BCUT2D eigenvalue weighted by atomic mass is 9.95. The minimum atomic E-state index is -1.36. The van der Waals surface area contributed by atoms with Crippen molar-refractivity contribution >= 4 is 46.8 Å². The van der Waals surface area contributed by atoms with Crippen LogP contribution in [0.5, 0.6) is 5.75 Å². The maximum Gasteiger partial charge on any atom is 0.327 e. The number of carboxylic acid groups (broad SMARTS) is 1. The van der Waals surface area contributed by atoms with Gasteiger partial charge in [0.25, 0.3) is 0 Å². The number of aliphatic hydroxyl groups is 1. The van der Waals surface area contributed by atoms with Gasteiger partial charge < -0.3 is 25.2 Å². The minimum Gasteiger partial charge on any atom is -0.515 e. The molecular weight excluding hydrogens is 502 g/mol. The molecule has 2 heterocycles. The highest BCUT2D eigenvalue weighted by Gasteiger charge is 2.64. The molecule has 11 nitrogen and oxygen atoms in total. The van der Waals surface area contributed by atoms with Gasteiger partial charge in [0.05, 0.1) is 18.4 Å². The number of ketones is 2. The predicted octanol–water partition coefficient (Wildman–Crippen LogP) is 1.35. The van der Waals surface area contributed by atoms with Gasteiger partial charge in [-0.25, -0.2) is 4.79 Å². The van der Waals surface area contributed by atoms with Crippen LogP contribution in [-0.4, -0.2) is 79.0 Å². The third-order valence-corrected chi connectivity index (χ3v) is 7.83. The maximum absolute atomic E-state index is 13.5. The summed E-state index contributed by atoms with van der Waals surface area (Å²) in [5.41, 5.74) is -0.417. The first-order valence-electron chi connectivity index (χ1n) is 11.5. The molecule has 4 atom stereocenters. The highest BCUT2D eigenvalue weighted by molar-refractivity contribution is 8.01. The highest BCUT2D eigenvalue weighted by Crippen LogP contribution is 2.50. The number of thioether (sulfide) groups is 1. The summed E-state index contributed by atoms with van der Waals surface area (Å²) >= 11 is 1.27. The minimum absolute atomic E-state index is 0.340. The zero-order valence-electron chi connectivity index (χ0n) is 20.2. The van der Waals surface area contributed by atoms with Crippen molar-refractivity contribution in [3.05, 3.63) is 53.8 Å². The number of amides is 2. The Morgan fingerprint density at radius 1 is 1.19 bits per heavy atom. The van der Waals surface area contributed by atoms with Crippen LogP contribution >= 0.6 is 11.8 Å². The van der Waals surface area contributed by atoms with Crippen molar-refractivity contribution in [3.8, 4) is 5.75 Å². The van der Waals surface area contributed by atoms with E-state index in [0.29, 0.717) is 24.2 Å². The second kappa shape index (κ2) is 9.85. The molecule has 0 unspecified atom stereocenters. The Bertz CT molecular complexity index is 1270. The number of benzene rings is 1. The van der Waals surface area contributed by atoms with Crippen molar-refractivity contribution in [1.29, 1.82) is 0 Å². The smallest absolute Gasteiger partial charge is 0.327 e. The average Bonchev–Trinajstić information content (AvgIpc) is 3.11. The summed E-state index contributed by atoms with van der Waals surface area (Å²) in [5.74, 6) is -3.19. The van der Waals surface area contributed by atoms with Gasteiger partial charge in [0, 0.05) is 4.75 Å². The Hall–Kier alpha value is -3.93. The van der Waals surface area contributed by atoms with E-state index in [1.54, 1.807) is 38.1 Å². The number of rotatable bonds is 7. The summed E-state index contributed by atoms with van der Waals surface area (Å²) in [4.78, 5) is 68.3. The summed E-state index contributed by atoms with van der Waals surface area (Å²) in [6.45, 7) is 5.68. The highest BCUT2D eigenvalue weighted by atomic mass is 32.2. The first-order valence-corrected chi connectivity index (χ1v) is 12.3. The van der Waals surface area contributed by atoms with E-state index in [2.05, 4.69) is 10.3 Å². The van der Waals surface area contributed by atoms with E-state index in [1.807, 2.05) is 6.92 Å². The fourth-order valence-corrected chi connectivity index (χ4v) is 6.16. The van der Waals surface area contributed by atoms with Crippen molar-refractivity contribution in [1.82, 2.24) is 10.2 Å². The molecule has 1 aromatic carbocycles. The van der Waals surface area contributed by atoms with Gasteiger partial charge in [0.1, 0.15) is 28.9 Å². The van der Waals surface area contributed by atoms with Gasteiger partial charge in [-0.05, 0) is 50.6 Å². The standard InChI is InChI=1S/C25H25N3O8S/c1-4-36-13-7-5-12(6-8-13)17(26-18-14(11-29)15(30)9-10-16(18)31)21(32)27-19-22(33)28-20(24(34)35)25(2,3)37-23(19)28/h5-11,17,19-20,23,29H,4H2,1-3H3,(H,27,32)(H,34,35)/b14-11+,26-18?/t17-,19-,20+,23-/m1/s1. The fraction of sp³-hybridized carbons (Fsp3) is 0.360. The van der Waals surface area contributed by atoms with E-state index < -0.39 is 63.3 Å². The van der Waals surface area contributed by atoms with E-state index in [9.17, 15) is 34.2 Å². The zero-order chi connectivity index (χ0) is 27.1. The summed E-state index contributed by atoms with van der Waals surface area (Å²) in [5, 5.41) is 21.2. The summed E-state index contributed by atoms with van der Waals surface area (Å²) in [7, 11) is 0. The van der Waals surface area contributed by atoms with Crippen LogP contribution in [0.15, 0.2) is 53.2 Å². The molecule has 2 fully saturated rings. The number of aliphatic hydroxyl groups excluding tert-OH is 1. The molecule has 1 aliphatic carbocycles. The molecule has 12 heteroatoms. The second-order valence-corrected chi connectivity index (χ2v) is 10.8. The van der Waals surface area contributed by atoms with Gasteiger partial charge in [-0.3, -0.25) is 24.2 Å². The molecule has 37 heavy (non-hydrogen) atoms. The number of hydrogen-bond acceptors (Lipinski definition) is 9. The predicted molar refractivity (Wildman–Crippen MR) is 133 cm³/mol. The lowest BCUT2D eigenvalue weighted by Crippen LogP contribution is -2.70. The number of carboxylic acids is 1. The lowest BCUT2D eigenvalue weighted by molar-refractivity contribution is -0.161. The van der Waals surface area contributed by atoms with Crippen molar-refractivity contribution in [2.75, 3.05) is 6.61 Å². The molecular formula is C25H25N3O8S. The number of β-lactam (4-membered cyclic amide) rings is 1. The van der Waals surface area contributed by atoms with E-state index in [0.717, 1.165) is 12.2 Å². The lowest BCUT2D eigenvalue weighted by Gasteiger charge is -2.43. The second-order valence-electron chi connectivity index (χ2n) is 9.07. The van der Waals surface area contributed by atoms with E-state index in [1.165, 1.54) is 16.7 Å². The SMILES string of the molecule is CCOc1ccc([C@@H](N=C2C(=O)C=CC(=O)/C2=C\O)C(=O)N[C@@H]2C(=O)N3[C@@H]2SC(C)(C)[C@@H]3C(=O)O)cc1. The van der Waals surface area contributed by atoms with Crippen LogP contribution in [0.25, 0.3) is 0 Å². The number of allylic oxidation sites excluding steroid dienone is 3. The molecule has 0 aromatic heterocycles. The summed E-state index contributed by atoms with van der Waals surface area (Å²) in [6, 6.07) is 2.95. The number of carbonyl (C=O) groups excluding carboxylic acids is 4. The van der Waals surface area contributed by atoms with Gasteiger partial charge >= 0.3 is 5.97 Å². The molecule has 0 radical (unpaired) electrons. The number of aliphatic imine (C=N–C) groups is 1. The van der Waals surface area contributed by atoms with Crippen molar-refractivity contribution < 1.29 is 38.9 Å². The number of nitrogens with zero attached hydrogens (tertiary/aromatic N) is 2. The molecule has 1 aromatic rings. The topological polar surface area (TPSA) is 163 Å². The number of hydrogen-bond donors (Lipinski definition) is 3. The largest absolute Gasteiger partial charge is 0.515 e. The molecule has 0 spiro atoms. The number of carbonyl (C=O) groups is 5. The quantitative estimate of drug-likeness (QED) is 0.270. The van der Waals surface area contributed by atoms with Gasteiger partial charge in [-0.2, -0.15) is 0 Å². The Balaban J connectivity index is 1.66. The Morgan fingerprint density at radius 3 is 2.43 bits per heavy atom. The van der Waals surface area contributed by atoms with E-state index >= 15 is 0 Å². The van der Waals surface area contributed by atoms with Crippen molar-refractivity contribution in [2.45, 2.75) is 49.0 Å². The van der Waals surface area contributed by atoms with Crippen LogP contribution in [-0.2, 0) is 24.0 Å². The number of aliphatic carboxylic acids is 1. The van der Waals surface area contributed by atoms with E-state index in [4.69, 9.17) is 4.74 Å². The monoisotopic (exact) mass is 527 g/mol. The molecule has 2 amide bonds.